The lowest BCUT2D eigenvalue weighted by Gasteiger charge is -2.03. The number of pyridine rings is 1. The second-order valence-electron chi connectivity index (χ2n) is 2.63. The van der Waals surface area contributed by atoms with Crippen LogP contribution in [0.4, 0.5) is 5.82 Å². The number of aromatic nitrogens is 1. The standard InChI is InChI=1S/C9H13BrN2S/c1-13-6-2-5-11-9-4-3-8(10)7-12-9/h3-4,7H,2,5-6H2,1H3,(H,11,12). The van der Waals surface area contributed by atoms with Gasteiger partial charge in [0.05, 0.1) is 0 Å². The SMILES string of the molecule is CSCCCNc1ccc(Br)cn1. The molecule has 0 fully saturated rings. The van der Waals surface area contributed by atoms with Gasteiger partial charge >= 0.3 is 0 Å². The lowest BCUT2D eigenvalue weighted by Crippen LogP contribution is -2.03. The molecule has 0 amide bonds. The van der Waals surface area contributed by atoms with Crippen molar-refractivity contribution in [3.05, 3.63) is 22.8 Å². The van der Waals surface area contributed by atoms with Crippen molar-refractivity contribution in [2.75, 3.05) is 23.9 Å². The Morgan fingerprint density at radius 2 is 2.38 bits per heavy atom. The van der Waals surface area contributed by atoms with Gasteiger partial charge in [0.2, 0.25) is 0 Å². The van der Waals surface area contributed by atoms with Crippen molar-refractivity contribution in [1.82, 2.24) is 4.98 Å². The molecule has 2 nitrogen and oxygen atoms in total. The number of hydrogen-bond donors (Lipinski definition) is 1. The highest BCUT2D eigenvalue weighted by molar-refractivity contribution is 9.10. The van der Waals surface area contributed by atoms with E-state index >= 15 is 0 Å². The molecule has 1 aromatic rings. The maximum Gasteiger partial charge on any atom is 0.125 e. The molecule has 72 valence electrons. The summed E-state index contributed by atoms with van der Waals surface area (Å²) in [6.45, 7) is 0.996. The normalized spacial score (nSPS) is 10.0. The van der Waals surface area contributed by atoms with E-state index in [4.69, 9.17) is 0 Å². The zero-order valence-electron chi connectivity index (χ0n) is 7.59. The number of nitrogens with zero attached hydrogens (tertiary/aromatic N) is 1. The molecule has 0 aromatic carbocycles. The lowest BCUT2D eigenvalue weighted by atomic mass is 10.4. The molecule has 1 rings (SSSR count). The highest BCUT2D eigenvalue weighted by Gasteiger charge is 1.92. The Balaban J connectivity index is 2.25. The van der Waals surface area contributed by atoms with Crippen LogP contribution in [0.15, 0.2) is 22.8 Å². The first-order valence-corrected chi connectivity index (χ1v) is 6.36. The molecule has 1 aromatic heterocycles. The molecule has 0 aliphatic carbocycles. The van der Waals surface area contributed by atoms with E-state index in [0.717, 1.165) is 16.8 Å². The van der Waals surface area contributed by atoms with Crippen molar-refractivity contribution in [3.63, 3.8) is 0 Å². The Labute approximate surface area is 91.7 Å². The largest absolute Gasteiger partial charge is 0.370 e. The van der Waals surface area contributed by atoms with Gasteiger partial charge in [0, 0.05) is 17.2 Å². The van der Waals surface area contributed by atoms with Gasteiger partial charge in [-0.25, -0.2) is 4.98 Å². The smallest absolute Gasteiger partial charge is 0.125 e. The third-order valence-corrected chi connectivity index (χ3v) is 2.72. The maximum absolute atomic E-state index is 4.21. The van der Waals surface area contributed by atoms with Gasteiger partial charge in [0.1, 0.15) is 5.82 Å². The van der Waals surface area contributed by atoms with E-state index in [9.17, 15) is 0 Å². The first-order chi connectivity index (χ1) is 6.33. The molecule has 0 bridgehead atoms. The molecule has 0 saturated heterocycles. The zero-order chi connectivity index (χ0) is 9.52. The van der Waals surface area contributed by atoms with Crippen LogP contribution in [0.1, 0.15) is 6.42 Å². The monoisotopic (exact) mass is 260 g/mol. The molecule has 0 radical (unpaired) electrons. The summed E-state index contributed by atoms with van der Waals surface area (Å²) < 4.78 is 1.02. The Morgan fingerprint density at radius 1 is 1.54 bits per heavy atom. The van der Waals surface area contributed by atoms with Gasteiger partial charge in [-0.15, -0.1) is 0 Å². The van der Waals surface area contributed by atoms with Gasteiger partial charge in [-0.05, 0) is 46.5 Å². The lowest BCUT2D eigenvalue weighted by molar-refractivity contribution is 0.981. The van der Waals surface area contributed by atoms with Crippen LogP contribution in [0.3, 0.4) is 0 Å². The Kier molecular flexibility index (Phi) is 5.23. The minimum atomic E-state index is 0.948. The first-order valence-electron chi connectivity index (χ1n) is 4.17. The van der Waals surface area contributed by atoms with Crippen molar-refractivity contribution in [1.29, 1.82) is 0 Å². The van der Waals surface area contributed by atoms with Gasteiger partial charge in [-0.1, -0.05) is 0 Å². The number of anilines is 1. The molecule has 0 spiro atoms. The average Bonchev–Trinajstić information content (AvgIpc) is 2.15. The van der Waals surface area contributed by atoms with Crippen LogP contribution in [-0.2, 0) is 0 Å². The summed E-state index contributed by atoms with van der Waals surface area (Å²) in [5, 5.41) is 3.26. The summed E-state index contributed by atoms with van der Waals surface area (Å²) in [5.41, 5.74) is 0. The highest BCUT2D eigenvalue weighted by Crippen LogP contribution is 2.10. The highest BCUT2D eigenvalue weighted by atomic mass is 79.9. The third kappa shape index (κ3) is 4.52. The second-order valence-corrected chi connectivity index (χ2v) is 4.54. The van der Waals surface area contributed by atoms with Crippen LogP contribution < -0.4 is 5.32 Å². The minimum absolute atomic E-state index is 0.948. The number of rotatable bonds is 5. The van der Waals surface area contributed by atoms with Crippen LogP contribution in [0.5, 0.6) is 0 Å². The molecular weight excluding hydrogens is 248 g/mol. The van der Waals surface area contributed by atoms with Gasteiger partial charge in [-0.2, -0.15) is 11.8 Å². The maximum atomic E-state index is 4.21. The third-order valence-electron chi connectivity index (χ3n) is 1.56. The fourth-order valence-corrected chi connectivity index (χ4v) is 1.58. The molecule has 0 saturated carbocycles. The molecule has 0 aliphatic rings. The second kappa shape index (κ2) is 6.27. The number of nitrogens with one attached hydrogen (secondary N) is 1. The number of halogens is 1. The van der Waals surface area contributed by atoms with Gasteiger partial charge in [0.25, 0.3) is 0 Å². The van der Waals surface area contributed by atoms with E-state index in [0.29, 0.717) is 0 Å². The average molecular weight is 261 g/mol. The van der Waals surface area contributed by atoms with Gasteiger partial charge < -0.3 is 5.32 Å². The predicted molar refractivity (Wildman–Crippen MR) is 63.4 cm³/mol. The molecule has 1 N–H and O–H groups in total. The molecular formula is C9H13BrN2S. The van der Waals surface area contributed by atoms with E-state index in [2.05, 4.69) is 32.5 Å². The zero-order valence-corrected chi connectivity index (χ0v) is 9.99. The summed E-state index contributed by atoms with van der Waals surface area (Å²) in [4.78, 5) is 4.21. The summed E-state index contributed by atoms with van der Waals surface area (Å²) in [6, 6.07) is 3.97. The summed E-state index contributed by atoms with van der Waals surface area (Å²) >= 11 is 5.22. The summed E-state index contributed by atoms with van der Waals surface area (Å²) in [7, 11) is 0. The van der Waals surface area contributed by atoms with Crippen molar-refractivity contribution in [2.45, 2.75) is 6.42 Å². The fraction of sp³-hybridized carbons (Fsp3) is 0.444. The quantitative estimate of drug-likeness (QED) is 0.825. The minimum Gasteiger partial charge on any atom is -0.370 e. The molecule has 4 heteroatoms. The van der Waals surface area contributed by atoms with Crippen LogP contribution in [0.25, 0.3) is 0 Å². The van der Waals surface area contributed by atoms with Gasteiger partial charge in [-0.3, -0.25) is 0 Å². The van der Waals surface area contributed by atoms with Crippen LogP contribution in [0.2, 0.25) is 0 Å². The van der Waals surface area contributed by atoms with Crippen LogP contribution >= 0.6 is 27.7 Å². The first kappa shape index (κ1) is 10.9. The van der Waals surface area contributed by atoms with Crippen LogP contribution in [0, 0.1) is 0 Å². The fourth-order valence-electron chi connectivity index (χ4n) is 0.913. The molecule has 1 heterocycles. The van der Waals surface area contributed by atoms with E-state index in [-0.39, 0.29) is 0 Å². The van der Waals surface area contributed by atoms with E-state index in [1.54, 1.807) is 6.20 Å². The summed E-state index contributed by atoms with van der Waals surface area (Å²) in [6.07, 6.45) is 5.10. The summed E-state index contributed by atoms with van der Waals surface area (Å²) in [5.74, 6) is 2.15. The van der Waals surface area contributed by atoms with Crippen molar-refractivity contribution >= 4 is 33.5 Å². The molecule has 13 heavy (non-hydrogen) atoms. The topological polar surface area (TPSA) is 24.9 Å². The Morgan fingerprint density at radius 3 is 3.00 bits per heavy atom. The number of hydrogen-bond acceptors (Lipinski definition) is 3. The molecule has 0 aliphatic heterocycles. The van der Waals surface area contributed by atoms with Crippen molar-refractivity contribution in [2.24, 2.45) is 0 Å². The molecule has 0 unspecified atom stereocenters. The van der Waals surface area contributed by atoms with Crippen LogP contribution in [-0.4, -0.2) is 23.5 Å². The van der Waals surface area contributed by atoms with Gasteiger partial charge in [0.15, 0.2) is 0 Å². The predicted octanol–water partition coefficient (Wildman–Crippen LogP) is 3.01. The molecule has 0 atom stereocenters. The van der Waals surface area contributed by atoms with Crippen molar-refractivity contribution < 1.29 is 0 Å². The van der Waals surface area contributed by atoms with E-state index in [1.165, 1.54) is 12.2 Å². The van der Waals surface area contributed by atoms with E-state index < -0.39 is 0 Å². The Bertz CT molecular complexity index is 238. The van der Waals surface area contributed by atoms with Crippen molar-refractivity contribution in [3.8, 4) is 0 Å². The number of thioether (sulfide) groups is 1. The Hall–Kier alpha value is -0.220. The van der Waals surface area contributed by atoms with E-state index in [1.807, 2.05) is 23.9 Å².